The van der Waals surface area contributed by atoms with Crippen molar-refractivity contribution in [3.63, 3.8) is 0 Å². The van der Waals surface area contributed by atoms with E-state index in [9.17, 15) is 14.4 Å². The van der Waals surface area contributed by atoms with Gasteiger partial charge in [0.05, 0.1) is 0 Å². The van der Waals surface area contributed by atoms with E-state index in [1.54, 1.807) is 4.90 Å². The Labute approximate surface area is 123 Å². The third-order valence-electron chi connectivity index (χ3n) is 3.89. The van der Waals surface area contributed by atoms with Gasteiger partial charge in [0.25, 0.3) is 5.56 Å². The Kier molecular flexibility index (Phi) is 4.45. The van der Waals surface area contributed by atoms with Crippen molar-refractivity contribution < 1.29 is 9.59 Å². The highest BCUT2D eigenvalue weighted by Crippen LogP contribution is 2.17. The number of rotatable bonds is 3. The highest BCUT2D eigenvalue weighted by Gasteiger charge is 2.32. The summed E-state index contributed by atoms with van der Waals surface area (Å²) in [5.41, 5.74) is 2.03. The lowest BCUT2D eigenvalue weighted by Crippen LogP contribution is -2.45. The van der Waals surface area contributed by atoms with Crippen LogP contribution < -0.4 is 10.9 Å². The normalized spacial score (nSPS) is 17.9. The first-order valence-corrected chi connectivity index (χ1v) is 7.14. The molecule has 1 saturated heterocycles. The van der Waals surface area contributed by atoms with E-state index in [2.05, 4.69) is 10.3 Å². The van der Waals surface area contributed by atoms with E-state index in [1.807, 2.05) is 19.9 Å². The zero-order valence-corrected chi connectivity index (χ0v) is 12.7. The number of aromatic nitrogens is 1. The zero-order chi connectivity index (χ0) is 15.6. The van der Waals surface area contributed by atoms with Gasteiger partial charge < -0.3 is 15.2 Å². The molecular formula is C15H21N3O3. The number of H-pyrrole nitrogens is 1. The minimum absolute atomic E-state index is 0.0861. The second-order valence-corrected chi connectivity index (χ2v) is 5.53. The minimum Gasteiger partial charge on any atom is -0.350 e. The van der Waals surface area contributed by atoms with Crippen LogP contribution >= 0.6 is 0 Å². The van der Waals surface area contributed by atoms with Crippen LogP contribution in [0.2, 0.25) is 0 Å². The Hall–Kier alpha value is -2.11. The number of nitrogens with one attached hydrogen (secondary N) is 2. The number of carbonyl (C=O) groups excluding carboxylic acids is 2. The van der Waals surface area contributed by atoms with Crippen molar-refractivity contribution in [2.75, 3.05) is 6.54 Å². The molecule has 1 atom stereocenters. The van der Waals surface area contributed by atoms with Crippen molar-refractivity contribution in [2.24, 2.45) is 0 Å². The summed E-state index contributed by atoms with van der Waals surface area (Å²) < 4.78 is 0. The van der Waals surface area contributed by atoms with Gasteiger partial charge in [-0.2, -0.15) is 0 Å². The average molecular weight is 291 g/mol. The molecule has 2 amide bonds. The van der Waals surface area contributed by atoms with E-state index < -0.39 is 6.04 Å². The molecule has 21 heavy (non-hydrogen) atoms. The fourth-order valence-electron chi connectivity index (χ4n) is 2.81. The second-order valence-electron chi connectivity index (χ2n) is 5.53. The van der Waals surface area contributed by atoms with E-state index in [4.69, 9.17) is 0 Å². The predicted molar refractivity (Wildman–Crippen MR) is 78.8 cm³/mol. The standard InChI is InChI=1S/C15H21N3O3/c1-9-7-10(2)17-14(20)12(9)8-16-15(21)13-5-4-6-18(13)11(3)19/h7,13H,4-6,8H2,1-3H3,(H,16,21)(H,17,20)/t13-/m0/s1. The maximum absolute atomic E-state index is 12.2. The van der Waals surface area contributed by atoms with Gasteiger partial charge in [-0.05, 0) is 38.3 Å². The fourth-order valence-corrected chi connectivity index (χ4v) is 2.81. The fraction of sp³-hybridized carbons (Fsp3) is 0.533. The van der Waals surface area contributed by atoms with Gasteiger partial charge in [-0.1, -0.05) is 0 Å². The summed E-state index contributed by atoms with van der Waals surface area (Å²) in [5, 5.41) is 2.77. The van der Waals surface area contributed by atoms with Gasteiger partial charge in [-0.25, -0.2) is 0 Å². The molecule has 0 radical (unpaired) electrons. The summed E-state index contributed by atoms with van der Waals surface area (Å²) in [6.07, 6.45) is 1.51. The molecule has 0 aromatic carbocycles. The topological polar surface area (TPSA) is 82.3 Å². The van der Waals surface area contributed by atoms with Crippen molar-refractivity contribution in [1.82, 2.24) is 15.2 Å². The second kappa shape index (κ2) is 6.11. The van der Waals surface area contributed by atoms with E-state index in [0.717, 1.165) is 17.7 Å². The number of aryl methyl sites for hydroxylation is 2. The molecule has 1 fully saturated rings. The van der Waals surface area contributed by atoms with Crippen LogP contribution in [0.5, 0.6) is 0 Å². The lowest BCUT2D eigenvalue weighted by atomic mass is 10.1. The lowest BCUT2D eigenvalue weighted by Gasteiger charge is -2.22. The largest absolute Gasteiger partial charge is 0.350 e. The van der Waals surface area contributed by atoms with Crippen molar-refractivity contribution in [1.29, 1.82) is 0 Å². The van der Waals surface area contributed by atoms with Crippen molar-refractivity contribution in [3.05, 3.63) is 33.2 Å². The Bertz CT molecular complexity index is 621. The summed E-state index contributed by atoms with van der Waals surface area (Å²) in [6.45, 7) is 5.95. The SMILES string of the molecule is CC(=O)N1CCC[C@H]1C(=O)NCc1c(C)cc(C)[nH]c1=O. The molecule has 0 unspecified atom stereocenters. The minimum atomic E-state index is -0.410. The number of hydrogen-bond donors (Lipinski definition) is 2. The van der Waals surface area contributed by atoms with Crippen LogP contribution in [0.15, 0.2) is 10.9 Å². The highest BCUT2D eigenvalue weighted by molar-refractivity contribution is 5.87. The van der Waals surface area contributed by atoms with Crippen LogP contribution in [0.4, 0.5) is 0 Å². The van der Waals surface area contributed by atoms with Crippen LogP contribution in [0.3, 0.4) is 0 Å². The van der Waals surface area contributed by atoms with E-state index in [-0.39, 0.29) is 23.9 Å². The number of hydrogen-bond acceptors (Lipinski definition) is 3. The Morgan fingerprint density at radius 2 is 2.14 bits per heavy atom. The van der Waals surface area contributed by atoms with Gasteiger partial charge in [-0.3, -0.25) is 14.4 Å². The van der Waals surface area contributed by atoms with Gasteiger partial charge in [0.15, 0.2) is 0 Å². The highest BCUT2D eigenvalue weighted by atomic mass is 16.2. The molecule has 2 N–H and O–H groups in total. The van der Waals surface area contributed by atoms with Gasteiger partial charge in [0, 0.05) is 31.3 Å². The van der Waals surface area contributed by atoms with Crippen LogP contribution in [0.1, 0.15) is 36.6 Å². The van der Waals surface area contributed by atoms with Gasteiger partial charge in [0.1, 0.15) is 6.04 Å². The molecule has 0 spiro atoms. The van der Waals surface area contributed by atoms with E-state index in [1.165, 1.54) is 6.92 Å². The third kappa shape index (κ3) is 3.32. The van der Waals surface area contributed by atoms with Crippen LogP contribution in [-0.2, 0) is 16.1 Å². The van der Waals surface area contributed by atoms with Crippen molar-refractivity contribution >= 4 is 11.8 Å². The first kappa shape index (κ1) is 15.3. The summed E-state index contributed by atoms with van der Waals surface area (Å²) in [4.78, 5) is 39.9. The van der Waals surface area contributed by atoms with Gasteiger partial charge in [-0.15, -0.1) is 0 Å². The first-order chi connectivity index (χ1) is 9.90. The maximum atomic E-state index is 12.2. The van der Waals surface area contributed by atoms with Gasteiger partial charge >= 0.3 is 0 Å². The summed E-state index contributed by atoms with van der Waals surface area (Å²) in [7, 11) is 0. The molecule has 2 rings (SSSR count). The third-order valence-corrected chi connectivity index (χ3v) is 3.89. The number of pyridine rings is 1. The molecule has 6 nitrogen and oxygen atoms in total. The predicted octanol–water partition coefficient (Wildman–Crippen LogP) is 0.619. The Morgan fingerprint density at radius 1 is 1.43 bits per heavy atom. The maximum Gasteiger partial charge on any atom is 0.253 e. The Balaban J connectivity index is 2.05. The van der Waals surface area contributed by atoms with Crippen LogP contribution in [0.25, 0.3) is 0 Å². The van der Waals surface area contributed by atoms with E-state index in [0.29, 0.717) is 18.5 Å². The number of likely N-dealkylation sites (tertiary alicyclic amines) is 1. The Morgan fingerprint density at radius 3 is 2.76 bits per heavy atom. The van der Waals surface area contributed by atoms with E-state index >= 15 is 0 Å². The lowest BCUT2D eigenvalue weighted by molar-refractivity contribution is -0.136. The zero-order valence-electron chi connectivity index (χ0n) is 12.7. The molecule has 1 aromatic heterocycles. The smallest absolute Gasteiger partial charge is 0.253 e. The van der Waals surface area contributed by atoms with Crippen LogP contribution in [-0.4, -0.2) is 34.3 Å². The molecule has 1 aliphatic rings. The molecule has 0 aliphatic carbocycles. The van der Waals surface area contributed by atoms with Crippen molar-refractivity contribution in [3.8, 4) is 0 Å². The molecule has 0 bridgehead atoms. The van der Waals surface area contributed by atoms with Gasteiger partial charge in [0.2, 0.25) is 11.8 Å². The quantitative estimate of drug-likeness (QED) is 0.856. The number of nitrogens with zero attached hydrogens (tertiary/aromatic N) is 1. The molecule has 114 valence electrons. The summed E-state index contributed by atoms with van der Waals surface area (Å²) in [5.74, 6) is -0.279. The molecule has 1 aliphatic heterocycles. The number of amides is 2. The van der Waals surface area contributed by atoms with Crippen LogP contribution in [0, 0.1) is 13.8 Å². The molecular weight excluding hydrogens is 270 g/mol. The summed E-state index contributed by atoms with van der Waals surface area (Å²) >= 11 is 0. The monoisotopic (exact) mass is 291 g/mol. The summed E-state index contributed by atoms with van der Waals surface area (Å²) in [6, 6.07) is 1.47. The molecule has 0 saturated carbocycles. The molecule has 1 aromatic rings. The molecule has 6 heteroatoms. The number of carbonyl (C=O) groups is 2. The average Bonchev–Trinajstić information content (AvgIpc) is 2.86. The first-order valence-electron chi connectivity index (χ1n) is 7.14. The van der Waals surface area contributed by atoms with Crippen molar-refractivity contribution in [2.45, 2.75) is 46.2 Å². The number of aromatic amines is 1. The molecule has 2 heterocycles.